The molecule has 0 aliphatic carbocycles. The zero-order chi connectivity index (χ0) is 19.5. The molecule has 0 aliphatic rings. The van der Waals surface area contributed by atoms with Gasteiger partial charge in [0.25, 0.3) is 5.78 Å². The number of carbonyl (C=O) groups excluding carboxylic acids is 1. The van der Waals surface area contributed by atoms with Crippen molar-refractivity contribution in [2.75, 3.05) is 17.2 Å². The summed E-state index contributed by atoms with van der Waals surface area (Å²) in [5.41, 5.74) is 3.48. The summed E-state index contributed by atoms with van der Waals surface area (Å²) < 4.78 is 2.55. The maximum atomic E-state index is 12.4. The van der Waals surface area contributed by atoms with Gasteiger partial charge in [-0.25, -0.2) is 4.98 Å². The molecule has 8 heteroatoms. The van der Waals surface area contributed by atoms with Crippen LogP contribution in [0.3, 0.4) is 0 Å². The zero-order valence-corrected chi connectivity index (χ0v) is 16.6. The van der Waals surface area contributed by atoms with Crippen LogP contribution >= 0.6 is 15.9 Å². The van der Waals surface area contributed by atoms with Gasteiger partial charge in [0.2, 0.25) is 5.91 Å². The normalized spacial score (nSPS) is 10.8. The molecular weight excluding hydrogens is 420 g/mol. The Balaban J connectivity index is 1.54. The lowest BCUT2D eigenvalue weighted by atomic mass is 10.1. The van der Waals surface area contributed by atoms with Gasteiger partial charge in [-0.3, -0.25) is 4.79 Å². The summed E-state index contributed by atoms with van der Waals surface area (Å²) in [7, 11) is 0. The molecule has 4 aromatic rings. The molecule has 2 heterocycles. The summed E-state index contributed by atoms with van der Waals surface area (Å²) in [5, 5.41) is 10.2. The van der Waals surface area contributed by atoms with Crippen LogP contribution in [0.5, 0.6) is 0 Å². The molecule has 1 amide bonds. The van der Waals surface area contributed by atoms with Crippen molar-refractivity contribution in [2.45, 2.75) is 6.92 Å². The Morgan fingerprint density at radius 2 is 1.96 bits per heavy atom. The lowest BCUT2D eigenvalue weighted by molar-refractivity contribution is -0.114. The molecule has 0 spiro atoms. The van der Waals surface area contributed by atoms with Crippen molar-refractivity contribution in [1.29, 1.82) is 0 Å². The van der Waals surface area contributed by atoms with Crippen molar-refractivity contribution >= 4 is 39.1 Å². The van der Waals surface area contributed by atoms with Crippen LogP contribution in [-0.4, -0.2) is 32.0 Å². The first-order chi connectivity index (χ1) is 13.6. The summed E-state index contributed by atoms with van der Waals surface area (Å²) in [6, 6.07) is 17.4. The molecular formula is C20H17BrN6O. The molecule has 4 rings (SSSR count). The highest BCUT2D eigenvalue weighted by Crippen LogP contribution is 2.22. The number of benzene rings is 2. The SMILES string of the molecule is Cc1cc(Br)ccc1NC(=O)CNc1cc(-c2ccccc2)nc2ncnn12. The van der Waals surface area contributed by atoms with Crippen LogP contribution in [0.1, 0.15) is 5.56 Å². The van der Waals surface area contributed by atoms with E-state index in [-0.39, 0.29) is 12.5 Å². The first-order valence-corrected chi connectivity index (χ1v) is 9.45. The van der Waals surface area contributed by atoms with E-state index in [2.05, 4.69) is 41.6 Å². The van der Waals surface area contributed by atoms with E-state index in [0.29, 0.717) is 11.6 Å². The van der Waals surface area contributed by atoms with Crippen LogP contribution in [0.15, 0.2) is 65.4 Å². The minimum atomic E-state index is -0.156. The fourth-order valence-corrected chi connectivity index (χ4v) is 3.30. The van der Waals surface area contributed by atoms with E-state index < -0.39 is 0 Å². The second-order valence-corrected chi connectivity index (χ2v) is 7.14. The smallest absolute Gasteiger partial charge is 0.254 e. The van der Waals surface area contributed by atoms with Crippen molar-refractivity contribution in [2.24, 2.45) is 0 Å². The van der Waals surface area contributed by atoms with Crippen molar-refractivity contribution in [1.82, 2.24) is 19.6 Å². The third-order valence-electron chi connectivity index (χ3n) is 4.21. The quantitative estimate of drug-likeness (QED) is 0.495. The Morgan fingerprint density at radius 3 is 2.75 bits per heavy atom. The van der Waals surface area contributed by atoms with E-state index in [1.165, 1.54) is 6.33 Å². The van der Waals surface area contributed by atoms with Gasteiger partial charge in [-0.15, -0.1) is 0 Å². The average molecular weight is 437 g/mol. The molecule has 7 nitrogen and oxygen atoms in total. The highest BCUT2D eigenvalue weighted by atomic mass is 79.9. The summed E-state index contributed by atoms with van der Waals surface area (Å²) in [5.74, 6) is 0.953. The van der Waals surface area contributed by atoms with Gasteiger partial charge in [0, 0.05) is 21.8 Å². The Morgan fingerprint density at radius 1 is 1.14 bits per heavy atom. The van der Waals surface area contributed by atoms with Gasteiger partial charge in [0.1, 0.15) is 12.1 Å². The third-order valence-corrected chi connectivity index (χ3v) is 4.71. The number of hydrogen-bond acceptors (Lipinski definition) is 5. The van der Waals surface area contributed by atoms with Crippen LogP contribution in [0, 0.1) is 6.92 Å². The second kappa shape index (κ2) is 7.77. The molecule has 0 saturated carbocycles. The number of amides is 1. The number of anilines is 2. The van der Waals surface area contributed by atoms with E-state index in [4.69, 9.17) is 0 Å². The predicted octanol–water partition coefficient (Wildman–Crippen LogP) is 3.91. The molecule has 0 unspecified atom stereocenters. The number of halogens is 1. The lowest BCUT2D eigenvalue weighted by Crippen LogP contribution is -2.23. The molecule has 0 fully saturated rings. The highest BCUT2D eigenvalue weighted by Gasteiger charge is 2.11. The van der Waals surface area contributed by atoms with Crippen molar-refractivity contribution in [3.05, 3.63) is 71.0 Å². The van der Waals surface area contributed by atoms with Crippen molar-refractivity contribution < 1.29 is 4.79 Å². The van der Waals surface area contributed by atoms with Crippen LogP contribution in [0.2, 0.25) is 0 Å². The summed E-state index contributed by atoms with van der Waals surface area (Å²) >= 11 is 3.42. The van der Waals surface area contributed by atoms with E-state index in [1.807, 2.05) is 61.5 Å². The Bertz CT molecular complexity index is 1140. The Hall–Kier alpha value is -3.26. The monoisotopic (exact) mass is 436 g/mol. The van der Waals surface area contributed by atoms with Gasteiger partial charge in [-0.05, 0) is 30.7 Å². The summed E-state index contributed by atoms with van der Waals surface area (Å²) in [6.45, 7) is 2.03. The molecule has 2 aromatic heterocycles. The predicted molar refractivity (Wildman–Crippen MR) is 112 cm³/mol. The van der Waals surface area contributed by atoms with Crippen molar-refractivity contribution in [3.63, 3.8) is 0 Å². The van der Waals surface area contributed by atoms with E-state index >= 15 is 0 Å². The number of carbonyl (C=O) groups is 1. The molecule has 0 atom stereocenters. The number of nitrogens with zero attached hydrogens (tertiary/aromatic N) is 4. The molecule has 28 heavy (non-hydrogen) atoms. The minimum Gasteiger partial charge on any atom is -0.361 e. The highest BCUT2D eigenvalue weighted by molar-refractivity contribution is 9.10. The average Bonchev–Trinajstić information content (AvgIpc) is 3.18. The lowest BCUT2D eigenvalue weighted by Gasteiger charge is -2.12. The summed E-state index contributed by atoms with van der Waals surface area (Å²) in [6.07, 6.45) is 1.44. The van der Waals surface area contributed by atoms with Crippen LogP contribution in [-0.2, 0) is 4.79 Å². The molecule has 0 aliphatic heterocycles. The fourth-order valence-electron chi connectivity index (χ4n) is 2.83. The van der Waals surface area contributed by atoms with E-state index in [0.717, 1.165) is 27.0 Å². The topological polar surface area (TPSA) is 84.2 Å². The van der Waals surface area contributed by atoms with Gasteiger partial charge in [0.15, 0.2) is 0 Å². The maximum absolute atomic E-state index is 12.4. The number of nitrogens with one attached hydrogen (secondary N) is 2. The molecule has 2 N–H and O–H groups in total. The first-order valence-electron chi connectivity index (χ1n) is 8.66. The fraction of sp³-hybridized carbons (Fsp3) is 0.100. The molecule has 0 saturated heterocycles. The summed E-state index contributed by atoms with van der Waals surface area (Å²) in [4.78, 5) is 21.1. The Labute approximate surface area is 170 Å². The van der Waals surface area contributed by atoms with Crippen LogP contribution in [0.25, 0.3) is 17.0 Å². The van der Waals surface area contributed by atoms with Gasteiger partial charge in [-0.1, -0.05) is 46.3 Å². The standard InChI is InChI=1S/C20H17BrN6O/c1-13-9-15(21)7-8-16(13)25-19(28)11-22-18-10-17(14-5-3-2-4-6-14)26-20-23-12-24-27(18)20/h2-10,12,22H,11H2,1H3,(H,25,28). The number of rotatable bonds is 5. The van der Waals surface area contributed by atoms with Gasteiger partial charge in [0.05, 0.1) is 12.2 Å². The van der Waals surface area contributed by atoms with Gasteiger partial charge >= 0.3 is 0 Å². The second-order valence-electron chi connectivity index (χ2n) is 6.23. The minimum absolute atomic E-state index is 0.0860. The van der Waals surface area contributed by atoms with Gasteiger partial charge < -0.3 is 10.6 Å². The number of hydrogen-bond donors (Lipinski definition) is 2. The third kappa shape index (κ3) is 3.86. The molecule has 0 bridgehead atoms. The van der Waals surface area contributed by atoms with Crippen LogP contribution in [0.4, 0.5) is 11.5 Å². The molecule has 140 valence electrons. The first kappa shape index (κ1) is 18.1. The zero-order valence-electron chi connectivity index (χ0n) is 15.1. The molecule has 2 aromatic carbocycles. The number of fused-ring (bicyclic) bond motifs is 1. The van der Waals surface area contributed by atoms with Gasteiger partial charge in [-0.2, -0.15) is 14.6 Å². The van der Waals surface area contributed by atoms with E-state index in [1.54, 1.807) is 4.52 Å². The maximum Gasteiger partial charge on any atom is 0.254 e. The van der Waals surface area contributed by atoms with Crippen molar-refractivity contribution in [3.8, 4) is 11.3 Å². The number of aromatic nitrogens is 4. The number of aryl methyl sites for hydroxylation is 1. The Kier molecular flexibility index (Phi) is 5.03. The van der Waals surface area contributed by atoms with E-state index in [9.17, 15) is 4.79 Å². The van der Waals surface area contributed by atoms with Crippen LogP contribution < -0.4 is 10.6 Å². The molecule has 0 radical (unpaired) electrons. The largest absolute Gasteiger partial charge is 0.361 e.